The lowest BCUT2D eigenvalue weighted by atomic mass is 9.93. The minimum absolute atomic E-state index is 0. The molecule has 5 heteroatoms. The molecule has 0 bridgehead atoms. The highest BCUT2D eigenvalue weighted by molar-refractivity contribution is 5.85. The smallest absolute Gasteiger partial charge is 0.260 e. The zero-order valence-corrected chi connectivity index (χ0v) is 14.4. The maximum atomic E-state index is 12.1. The molecule has 4 nitrogen and oxygen atoms in total. The second kappa shape index (κ2) is 8.25. The van der Waals surface area contributed by atoms with Gasteiger partial charge in [0.15, 0.2) is 6.61 Å². The van der Waals surface area contributed by atoms with E-state index in [0.717, 1.165) is 16.9 Å². The lowest BCUT2D eigenvalue weighted by molar-refractivity contribution is -0.133. The number of hydrogen-bond acceptors (Lipinski definition) is 3. The van der Waals surface area contributed by atoms with Crippen LogP contribution in [0.2, 0.25) is 0 Å². The maximum Gasteiger partial charge on any atom is 0.260 e. The summed E-state index contributed by atoms with van der Waals surface area (Å²) < 4.78 is 5.63. The van der Waals surface area contributed by atoms with E-state index in [-0.39, 0.29) is 30.3 Å². The first kappa shape index (κ1) is 19.7. The van der Waals surface area contributed by atoms with Gasteiger partial charge in [-0.25, -0.2) is 0 Å². The second-order valence-electron chi connectivity index (χ2n) is 6.18. The molecule has 0 heterocycles. The van der Waals surface area contributed by atoms with Crippen molar-refractivity contribution in [2.75, 3.05) is 26.7 Å². The van der Waals surface area contributed by atoms with Gasteiger partial charge in [-0.15, -0.1) is 12.4 Å². The lowest BCUT2D eigenvalue weighted by Gasteiger charge is -2.29. The van der Waals surface area contributed by atoms with E-state index in [1.54, 1.807) is 11.9 Å². The number of carbonyl (C=O) groups excluding carboxylic acids is 1. The number of aryl methyl sites for hydroxylation is 2. The number of benzene rings is 1. The third-order valence-corrected chi connectivity index (χ3v) is 3.34. The van der Waals surface area contributed by atoms with E-state index >= 15 is 0 Å². The van der Waals surface area contributed by atoms with E-state index < -0.39 is 0 Å². The number of nitrogens with zero attached hydrogens (tertiary/aromatic N) is 1. The Labute approximate surface area is 134 Å². The summed E-state index contributed by atoms with van der Waals surface area (Å²) in [6, 6.07) is 5.97. The highest BCUT2D eigenvalue weighted by Gasteiger charge is 2.21. The number of nitrogens with two attached hydrogens (primary N) is 1. The van der Waals surface area contributed by atoms with Crippen LogP contribution in [0, 0.1) is 19.3 Å². The Morgan fingerprint density at radius 1 is 1.33 bits per heavy atom. The number of hydrogen-bond donors (Lipinski definition) is 1. The molecule has 1 amide bonds. The van der Waals surface area contributed by atoms with Crippen LogP contribution in [0.4, 0.5) is 0 Å². The molecule has 1 aromatic rings. The minimum atomic E-state index is -0.0797. The van der Waals surface area contributed by atoms with Crippen LogP contribution in [-0.4, -0.2) is 37.6 Å². The summed E-state index contributed by atoms with van der Waals surface area (Å²) in [4.78, 5) is 13.7. The first-order valence-electron chi connectivity index (χ1n) is 6.89. The summed E-state index contributed by atoms with van der Waals surface area (Å²) in [6.07, 6.45) is 0. The van der Waals surface area contributed by atoms with Crippen LogP contribution in [0.1, 0.15) is 25.0 Å². The molecule has 0 aliphatic rings. The minimum Gasteiger partial charge on any atom is -0.483 e. The first-order valence-corrected chi connectivity index (χ1v) is 6.89. The Kier molecular flexibility index (Phi) is 7.75. The fourth-order valence-electron chi connectivity index (χ4n) is 1.91. The third kappa shape index (κ3) is 6.36. The van der Waals surface area contributed by atoms with Crippen LogP contribution in [0.5, 0.6) is 5.75 Å². The molecule has 1 aromatic carbocycles. The van der Waals surface area contributed by atoms with Crippen molar-refractivity contribution in [3.05, 3.63) is 29.3 Å². The molecule has 120 valence electrons. The van der Waals surface area contributed by atoms with Crippen molar-refractivity contribution in [1.29, 1.82) is 0 Å². The monoisotopic (exact) mass is 314 g/mol. The molecule has 1 rings (SSSR count). The molecule has 0 saturated heterocycles. The van der Waals surface area contributed by atoms with E-state index in [1.165, 1.54) is 0 Å². The topological polar surface area (TPSA) is 55.6 Å². The van der Waals surface area contributed by atoms with Crippen molar-refractivity contribution < 1.29 is 9.53 Å². The summed E-state index contributed by atoms with van der Waals surface area (Å²) in [6.45, 7) is 9.29. The van der Waals surface area contributed by atoms with Gasteiger partial charge >= 0.3 is 0 Å². The molecule has 0 radical (unpaired) electrons. The Hall–Kier alpha value is -1.26. The zero-order valence-electron chi connectivity index (χ0n) is 13.6. The molecule has 0 spiro atoms. The number of halogens is 1. The van der Waals surface area contributed by atoms with Crippen molar-refractivity contribution in [3.8, 4) is 5.75 Å². The number of ether oxygens (including phenoxy) is 1. The molecule has 0 aromatic heterocycles. The van der Waals surface area contributed by atoms with Crippen molar-refractivity contribution in [2.24, 2.45) is 11.1 Å². The van der Waals surface area contributed by atoms with Gasteiger partial charge in [-0.1, -0.05) is 26.0 Å². The van der Waals surface area contributed by atoms with Crippen molar-refractivity contribution in [3.63, 3.8) is 0 Å². The molecule has 0 fully saturated rings. The SMILES string of the molecule is Cc1ccc(C)c(OCC(=O)N(C)CC(C)(C)CN)c1.Cl. The summed E-state index contributed by atoms with van der Waals surface area (Å²) >= 11 is 0. The molecular weight excluding hydrogens is 288 g/mol. The van der Waals surface area contributed by atoms with Crippen LogP contribution in [0.3, 0.4) is 0 Å². The van der Waals surface area contributed by atoms with Gasteiger partial charge in [-0.05, 0) is 43.0 Å². The molecule has 0 atom stereocenters. The lowest BCUT2D eigenvalue weighted by Crippen LogP contribution is -2.41. The molecule has 0 aliphatic heterocycles. The van der Waals surface area contributed by atoms with Crippen molar-refractivity contribution >= 4 is 18.3 Å². The van der Waals surface area contributed by atoms with Gasteiger partial charge in [-0.3, -0.25) is 4.79 Å². The predicted octanol–water partition coefficient (Wildman–Crippen LogP) is 2.55. The van der Waals surface area contributed by atoms with Gasteiger partial charge in [0, 0.05) is 13.6 Å². The summed E-state index contributed by atoms with van der Waals surface area (Å²) in [5.74, 6) is 0.734. The van der Waals surface area contributed by atoms with E-state index in [4.69, 9.17) is 10.5 Å². The van der Waals surface area contributed by atoms with E-state index in [9.17, 15) is 4.79 Å². The van der Waals surface area contributed by atoms with Gasteiger partial charge in [0.25, 0.3) is 5.91 Å². The Morgan fingerprint density at radius 3 is 2.52 bits per heavy atom. The number of rotatable bonds is 6. The number of likely N-dealkylation sites (N-methyl/N-ethyl adjacent to an activating group) is 1. The fourth-order valence-corrected chi connectivity index (χ4v) is 1.91. The Morgan fingerprint density at radius 2 is 1.95 bits per heavy atom. The molecule has 0 unspecified atom stereocenters. The predicted molar refractivity (Wildman–Crippen MR) is 89.1 cm³/mol. The highest BCUT2D eigenvalue weighted by atomic mass is 35.5. The average Bonchev–Trinajstić information content (AvgIpc) is 2.39. The normalized spacial score (nSPS) is 10.8. The summed E-state index contributed by atoms with van der Waals surface area (Å²) in [5, 5.41) is 0. The molecule has 2 N–H and O–H groups in total. The maximum absolute atomic E-state index is 12.1. The summed E-state index contributed by atoms with van der Waals surface area (Å²) in [5.41, 5.74) is 7.76. The Balaban J connectivity index is 0.00000400. The van der Waals surface area contributed by atoms with Gasteiger partial charge in [0.1, 0.15) is 5.75 Å². The standard InChI is InChI=1S/C16H26N2O2.ClH/c1-12-6-7-13(2)14(8-12)20-9-15(19)18(5)11-16(3,4)10-17;/h6-8H,9-11,17H2,1-5H3;1H. The van der Waals surface area contributed by atoms with E-state index in [0.29, 0.717) is 13.1 Å². The Bertz CT molecular complexity index is 475. The first-order chi connectivity index (χ1) is 9.25. The third-order valence-electron chi connectivity index (χ3n) is 3.34. The average molecular weight is 315 g/mol. The molecule has 0 aliphatic carbocycles. The van der Waals surface area contributed by atoms with Crippen LogP contribution in [0.25, 0.3) is 0 Å². The van der Waals surface area contributed by atoms with E-state index in [1.807, 2.05) is 45.9 Å². The zero-order chi connectivity index (χ0) is 15.3. The van der Waals surface area contributed by atoms with Crippen molar-refractivity contribution in [2.45, 2.75) is 27.7 Å². The number of carbonyl (C=O) groups is 1. The largest absolute Gasteiger partial charge is 0.483 e. The van der Waals surface area contributed by atoms with Crippen molar-refractivity contribution in [1.82, 2.24) is 4.90 Å². The van der Waals surface area contributed by atoms with Gasteiger partial charge < -0.3 is 15.4 Å². The molecular formula is C16H27ClN2O2. The quantitative estimate of drug-likeness (QED) is 0.878. The van der Waals surface area contributed by atoms with E-state index in [2.05, 4.69) is 0 Å². The highest BCUT2D eigenvalue weighted by Crippen LogP contribution is 2.19. The molecule has 21 heavy (non-hydrogen) atoms. The van der Waals surface area contributed by atoms with Crippen LogP contribution >= 0.6 is 12.4 Å². The van der Waals surface area contributed by atoms with Gasteiger partial charge in [0.2, 0.25) is 0 Å². The summed E-state index contributed by atoms with van der Waals surface area (Å²) in [7, 11) is 1.78. The van der Waals surface area contributed by atoms with Gasteiger partial charge in [0.05, 0.1) is 0 Å². The molecule has 0 saturated carbocycles. The van der Waals surface area contributed by atoms with Gasteiger partial charge in [-0.2, -0.15) is 0 Å². The van der Waals surface area contributed by atoms with Crippen LogP contribution < -0.4 is 10.5 Å². The van der Waals surface area contributed by atoms with Crippen LogP contribution in [0.15, 0.2) is 18.2 Å². The second-order valence-corrected chi connectivity index (χ2v) is 6.18. The fraction of sp³-hybridized carbons (Fsp3) is 0.562. The van der Waals surface area contributed by atoms with Crippen LogP contribution in [-0.2, 0) is 4.79 Å². The number of amides is 1.